The lowest BCUT2D eigenvalue weighted by molar-refractivity contribution is -0.116. The van der Waals surface area contributed by atoms with Gasteiger partial charge in [-0.25, -0.2) is 4.39 Å². The largest absolute Gasteiger partial charge is 0.330 e. The van der Waals surface area contributed by atoms with Gasteiger partial charge >= 0.3 is 0 Å². The molecule has 0 saturated carbocycles. The lowest BCUT2D eigenvalue weighted by atomic mass is 9.96. The number of anilines is 1. The average Bonchev–Trinajstić information content (AvgIpc) is 2.38. The van der Waals surface area contributed by atoms with Crippen LogP contribution in [0.25, 0.3) is 0 Å². The van der Waals surface area contributed by atoms with Gasteiger partial charge in [0.2, 0.25) is 5.91 Å². The zero-order valence-electron chi connectivity index (χ0n) is 11.1. The smallest absolute Gasteiger partial charge is 0.224 e. The summed E-state index contributed by atoms with van der Waals surface area (Å²) in [5, 5.41) is 2.59. The predicted molar refractivity (Wildman–Crippen MR) is 79.4 cm³/mol. The molecule has 0 aromatic heterocycles. The van der Waals surface area contributed by atoms with Crippen molar-refractivity contribution < 1.29 is 9.18 Å². The molecule has 1 amide bonds. The lowest BCUT2D eigenvalue weighted by Crippen LogP contribution is -2.15. The maximum absolute atomic E-state index is 13.5. The molecular formula is C14H20BrFN2O. The summed E-state index contributed by atoms with van der Waals surface area (Å²) >= 11 is 3.17. The first-order valence-corrected chi connectivity index (χ1v) is 7.31. The van der Waals surface area contributed by atoms with E-state index in [4.69, 9.17) is 5.73 Å². The van der Waals surface area contributed by atoms with Crippen molar-refractivity contribution in [2.75, 3.05) is 11.9 Å². The van der Waals surface area contributed by atoms with Crippen LogP contribution in [0.15, 0.2) is 22.7 Å². The van der Waals surface area contributed by atoms with Crippen molar-refractivity contribution >= 4 is 27.5 Å². The number of carbonyl (C=O) groups excluding carboxylic acids is 1. The average molecular weight is 331 g/mol. The Morgan fingerprint density at radius 3 is 2.79 bits per heavy atom. The van der Waals surface area contributed by atoms with Crippen LogP contribution in [-0.4, -0.2) is 12.5 Å². The summed E-state index contributed by atoms with van der Waals surface area (Å²) in [6.07, 6.45) is 3.12. The van der Waals surface area contributed by atoms with E-state index >= 15 is 0 Å². The second-order valence-electron chi connectivity index (χ2n) is 4.56. The maximum Gasteiger partial charge on any atom is 0.224 e. The highest BCUT2D eigenvalue weighted by atomic mass is 79.9. The Morgan fingerprint density at radius 1 is 1.47 bits per heavy atom. The zero-order valence-corrected chi connectivity index (χ0v) is 12.7. The maximum atomic E-state index is 13.5. The molecule has 0 aliphatic carbocycles. The molecule has 1 aromatic carbocycles. The molecule has 1 rings (SSSR count). The van der Waals surface area contributed by atoms with Crippen LogP contribution >= 0.6 is 15.9 Å². The third-order valence-electron chi connectivity index (χ3n) is 3.14. The molecular weight excluding hydrogens is 311 g/mol. The Labute approximate surface area is 121 Å². The van der Waals surface area contributed by atoms with E-state index in [1.165, 1.54) is 6.07 Å². The van der Waals surface area contributed by atoms with Crippen LogP contribution in [0.1, 0.15) is 32.6 Å². The molecule has 0 spiro atoms. The normalized spacial score (nSPS) is 12.2. The van der Waals surface area contributed by atoms with E-state index in [1.54, 1.807) is 12.1 Å². The van der Waals surface area contributed by atoms with E-state index in [2.05, 4.69) is 28.2 Å². The summed E-state index contributed by atoms with van der Waals surface area (Å²) in [6.45, 7) is 2.73. The standard InChI is InChI=1S/C14H20BrFN2O/c1-2-10(7-8-17)3-6-14(19)18-13-5-4-11(15)9-12(13)16/h4-5,9-10H,2-3,6-8,17H2,1H3,(H,18,19). The second-order valence-corrected chi connectivity index (χ2v) is 5.48. The van der Waals surface area contributed by atoms with E-state index in [-0.39, 0.29) is 11.6 Å². The fourth-order valence-electron chi connectivity index (χ4n) is 1.93. The zero-order chi connectivity index (χ0) is 14.3. The Balaban J connectivity index is 2.46. The second kappa shape index (κ2) is 8.27. The van der Waals surface area contributed by atoms with Gasteiger partial charge in [0.15, 0.2) is 0 Å². The molecule has 0 heterocycles. The van der Waals surface area contributed by atoms with Crippen molar-refractivity contribution in [3.05, 3.63) is 28.5 Å². The van der Waals surface area contributed by atoms with Gasteiger partial charge < -0.3 is 11.1 Å². The third-order valence-corrected chi connectivity index (χ3v) is 3.63. The lowest BCUT2D eigenvalue weighted by Gasteiger charge is -2.13. The molecule has 0 fully saturated rings. The van der Waals surface area contributed by atoms with Gasteiger partial charge in [0.1, 0.15) is 5.82 Å². The van der Waals surface area contributed by atoms with Gasteiger partial charge in [-0.3, -0.25) is 4.79 Å². The number of nitrogens with two attached hydrogens (primary N) is 1. The van der Waals surface area contributed by atoms with Gasteiger partial charge in [-0.2, -0.15) is 0 Å². The van der Waals surface area contributed by atoms with Crippen molar-refractivity contribution in [3.8, 4) is 0 Å². The van der Waals surface area contributed by atoms with Crippen LogP contribution in [0.4, 0.5) is 10.1 Å². The van der Waals surface area contributed by atoms with Crippen LogP contribution in [-0.2, 0) is 4.79 Å². The number of amides is 1. The molecule has 3 nitrogen and oxygen atoms in total. The molecule has 5 heteroatoms. The van der Waals surface area contributed by atoms with Gasteiger partial charge in [-0.15, -0.1) is 0 Å². The molecule has 19 heavy (non-hydrogen) atoms. The van der Waals surface area contributed by atoms with Crippen molar-refractivity contribution in [3.63, 3.8) is 0 Å². The number of halogens is 2. The Morgan fingerprint density at radius 2 is 2.21 bits per heavy atom. The first-order chi connectivity index (χ1) is 9.06. The topological polar surface area (TPSA) is 55.1 Å². The molecule has 3 N–H and O–H groups in total. The summed E-state index contributed by atoms with van der Waals surface area (Å²) in [4.78, 5) is 11.8. The highest BCUT2D eigenvalue weighted by Crippen LogP contribution is 2.20. The number of carbonyl (C=O) groups is 1. The monoisotopic (exact) mass is 330 g/mol. The third kappa shape index (κ3) is 5.70. The minimum Gasteiger partial charge on any atom is -0.330 e. The fourth-order valence-corrected chi connectivity index (χ4v) is 2.26. The van der Waals surface area contributed by atoms with E-state index in [1.807, 2.05) is 0 Å². The quantitative estimate of drug-likeness (QED) is 0.801. The van der Waals surface area contributed by atoms with E-state index in [9.17, 15) is 9.18 Å². The highest BCUT2D eigenvalue weighted by molar-refractivity contribution is 9.10. The van der Waals surface area contributed by atoms with E-state index < -0.39 is 5.82 Å². The Hall–Kier alpha value is -0.940. The van der Waals surface area contributed by atoms with Crippen LogP contribution in [0, 0.1) is 11.7 Å². The van der Waals surface area contributed by atoms with Crippen LogP contribution in [0.3, 0.4) is 0 Å². The van der Waals surface area contributed by atoms with Crippen LogP contribution < -0.4 is 11.1 Å². The van der Waals surface area contributed by atoms with Gasteiger partial charge in [0, 0.05) is 10.9 Å². The van der Waals surface area contributed by atoms with Gasteiger partial charge in [0.25, 0.3) is 0 Å². The van der Waals surface area contributed by atoms with Gasteiger partial charge in [-0.1, -0.05) is 29.3 Å². The first-order valence-electron chi connectivity index (χ1n) is 6.51. The van der Waals surface area contributed by atoms with Crippen molar-refractivity contribution in [2.45, 2.75) is 32.6 Å². The molecule has 0 radical (unpaired) electrons. The van der Waals surface area contributed by atoms with E-state index in [0.29, 0.717) is 23.4 Å². The SMILES string of the molecule is CCC(CCN)CCC(=O)Nc1ccc(Br)cc1F. The number of nitrogens with one attached hydrogen (secondary N) is 1. The molecule has 0 aliphatic heterocycles. The van der Waals surface area contributed by atoms with Crippen molar-refractivity contribution in [1.29, 1.82) is 0 Å². The molecule has 0 aliphatic rings. The summed E-state index contributed by atoms with van der Waals surface area (Å²) in [5.74, 6) is -0.126. The minimum atomic E-state index is -0.434. The fraction of sp³-hybridized carbons (Fsp3) is 0.500. The first kappa shape index (κ1) is 16.1. The molecule has 1 unspecified atom stereocenters. The molecule has 0 bridgehead atoms. The number of hydrogen-bond donors (Lipinski definition) is 2. The Bertz CT molecular complexity index is 426. The summed E-state index contributed by atoms with van der Waals surface area (Å²) in [5.41, 5.74) is 5.74. The Kier molecular flexibility index (Phi) is 7.02. The van der Waals surface area contributed by atoms with Crippen LogP contribution in [0.2, 0.25) is 0 Å². The summed E-state index contributed by atoms with van der Waals surface area (Å²) in [6, 6.07) is 4.58. The van der Waals surface area contributed by atoms with Crippen molar-refractivity contribution in [1.82, 2.24) is 0 Å². The number of hydrogen-bond acceptors (Lipinski definition) is 2. The molecule has 1 atom stereocenters. The number of rotatable bonds is 7. The van der Waals surface area contributed by atoms with Gasteiger partial charge in [0.05, 0.1) is 5.69 Å². The minimum absolute atomic E-state index is 0.156. The molecule has 1 aromatic rings. The predicted octanol–water partition coefficient (Wildman–Crippen LogP) is 3.68. The van der Waals surface area contributed by atoms with Crippen molar-refractivity contribution in [2.24, 2.45) is 11.7 Å². The molecule has 106 valence electrons. The van der Waals surface area contributed by atoms with Gasteiger partial charge in [-0.05, 0) is 43.5 Å². The summed E-state index contributed by atoms with van der Waals surface area (Å²) in [7, 11) is 0. The number of benzene rings is 1. The van der Waals surface area contributed by atoms with E-state index in [0.717, 1.165) is 19.3 Å². The van der Waals surface area contributed by atoms with Crippen LogP contribution in [0.5, 0.6) is 0 Å². The summed E-state index contributed by atoms with van der Waals surface area (Å²) < 4.78 is 14.2. The molecule has 0 saturated heterocycles. The highest BCUT2D eigenvalue weighted by Gasteiger charge is 2.11.